The van der Waals surface area contributed by atoms with Crippen molar-refractivity contribution in [3.8, 4) is 5.75 Å². The number of ether oxygens (including phenoxy) is 1. The molecule has 2 heterocycles. The van der Waals surface area contributed by atoms with Crippen LogP contribution in [0.5, 0.6) is 5.75 Å². The third kappa shape index (κ3) is 4.47. The van der Waals surface area contributed by atoms with Crippen molar-refractivity contribution in [1.29, 1.82) is 0 Å². The molecule has 168 valence electrons. The van der Waals surface area contributed by atoms with Crippen molar-refractivity contribution in [3.05, 3.63) is 65.7 Å². The van der Waals surface area contributed by atoms with Crippen LogP contribution in [0.25, 0.3) is 0 Å². The van der Waals surface area contributed by atoms with Gasteiger partial charge in [0.15, 0.2) is 0 Å². The Labute approximate surface area is 188 Å². The van der Waals surface area contributed by atoms with Crippen molar-refractivity contribution >= 4 is 17.7 Å². The lowest BCUT2D eigenvalue weighted by molar-refractivity contribution is -0.137. The summed E-state index contributed by atoms with van der Waals surface area (Å²) in [4.78, 5) is 43.9. The van der Waals surface area contributed by atoms with Crippen molar-refractivity contribution in [2.45, 2.75) is 19.4 Å². The summed E-state index contributed by atoms with van der Waals surface area (Å²) in [5, 5.41) is 0. The Morgan fingerprint density at radius 2 is 1.56 bits per heavy atom. The number of benzene rings is 2. The van der Waals surface area contributed by atoms with E-state index in [1.807, 2.05) is 37.3 Å². The van der Waals surface area contributed by atoms with Gasteiger partial charge in [0.25, 0.3) is 5.91 Å². The first-order valence-electron chi connectivity index (χ1n) is 11.0. The van der Waals surface area contributed by atoms with Crippen LogP contribution in [-0.4, -0.2) is 72.3 Å². The molecule has 0 aliphatic carbocycles. The Bertz CT molecular complexity index is 968. The number of rotatable bonds is 5. The van der Waals surface area contributed by atoms with E-state index in [2.05, 4.69) is 0 Å². The van der Waals surface area contributed by atoms with Crippen LogP contribution in [0.2, 0.25) is 0 Å². The molecule has 0 bridgehead atoms. The fourth-order valence-corrected chi connectivity index (χ4v) is 4.49. The second-order valence-corrected chi connectivity index (χ2v) is 8.38. The van der Waals surface area contributed by atoms with E-state index >= 15 is 0 Å². The number of piperazine rings is 1. The quantitative estimate of drug-likeness (QED) is 0.724. The average molecular weight is 436 g/mol. The van der Waals surface area contributed by atoms with E-state index in [1.165, 1.54) is 0 Å². The van der Waals surface area contributed by atoms with Crippen LogP contribution >= 0.6 is 0 Å². The molecule has 2 aromatic carbocycles. The highest BCUT2D eigenvalue weighted by molar-refractivity contribution is 5.94. The number of likely N-dealkylation sites (tertiary alicyclic amines) is 1. The van der Waals surface area contributed by atoms with E-state index in [0.29, 0.717) is 44.0 Å². The lowest BCUT2D eigenvalue weighted by Crippen LogP contribution is -2.52. The van der Waals surface area contributed by atoms with Crippen LogP contribution in [0.4, 0.5) is 0 Å². The SMILES string of the molecule is COc1ccc(C(=O)N2CCN(C(=O)C3CC(=O)N(C(C)c4ccccc4)C3)CC2)cc1. The van der Waals surface area contributed by atoms with Gasteiger partial charge in [0.05, 0.1) is 19.1 Å². The standard InChI is InChI=1S/C25H29N3O4/c1-18(19-6-4-3-5-7-19)28-17-21(16-23(28)29)25(31)27-14-12-26(13-15-27)24(30)20-8-10-22(32-2)11-9-20/h3-11,18,21H,12-17H2,1-2H3. The smallest absolute Gasteiger partial charge is 0.253 e. The Morgan fingerprint density at radius 1 is 0.938 bits per heavy atom. The Kier molecular flexibility index (Phi) is 6.44. The normalized spacial score (nSPS) is 19.8. The summed E-state index contributed by atoms with van der Waals surface area (Å²) in [6.45, 7) is 4.39. The van der Waals surface area contributed by atoms with E-state index in [4.69, 9.17) is 4.74 Å². The fraction of sp³-hybridized carbons (Fsp3) is 0.400. The van der Waals surface area contributed by atoms with Gasteiger partial charge < -0.3 is 19.4 Å². The maximum Gasteiger partial charge on any atom is 0.253 e. The van der Waals surface area contributed by atoms with Crippen molar-refractivity contribution in [2.75, 3.05) is 39.8 Å². The van der Waals surface area contributed by atoms with Crippen LogP contribution in [-0.2, 0) is 9.59 Å². The van der Waals surface area contributed by atoms with Crippen molar-refractivity contribution in [1.82, 2.24) is 14.7 Å². The first-order valence-corrected chi connectivity index (χ1v) is 11.0. The molecule has 0 saturated carbocycles. The number of methoxy groups -OCH3 is 1. The van der Waals surface area contributed by atoms with Gasteiger partial charge >= 0.3 is 0 Å². The molecule has 3 amide bonds. The summed E-state index contributed by atoms with van der Waals surface area (Å²) in [5.74, 6) is 0.376. The highest BCUT2D eigenvalue weighted by Gasteiger charge is 2.39. The number of carbonyl (C=O) groups excluding carboxylic acids is 3. The Balaban J connectivity index is 1.32. The molecule has 2 aliphatic heterocycles. The van der Waals surface area contributed by atoms with Crippen molar-refractivity contribution in [2.24, 2.45) is 5.92 Å². The molecule has 32 heavy (non-hydrogen) atoms. The number of amides is 3. The predicted molar refractivity (Wildman–Crippen MR) is 120 cm³/mol. The third-order valence-electron chi connectivity index (χ3n) is 6.47. The molecule has 2 aromatic rings. The van der Waals surface area contributed by atoms with Gasteiger partial charge in [0.1, 0.15) is 5.75 Å². The van der Waals surface area contributed by atoms with Gasteiger partial charge in [-0.05, 0) is 36.8 Å². The van der Waals surface area contributed by atoms with Gasteiger partial charge in [-0.25, -0.2) is 0 Å². The summed E-state index contributed by atoms with van der Waals surface area (Å²) in [6.07, 6.45) is 0.251. The number of hydrogen-bond acceptors (Lipinski definition) is 4. The van der Waals surface area contributed by atoms with E-state index in [-0.39, 0.29) is 36.1 Å². The molecule has 2 atom stereocenters. The highest BCUT2D eigenvalue weighted by atomic mass is 16.5. The maximum absolute atomic E-state index is 13.1. The zero-order valence-electron chi connectivity index (χ0n) is 18.6. The maximum atomic E-state index is 13.1. The van der Waals surface area contributed by atoms with Crippen LogP contribution in [0, 0.1) is 5.92 Å². The number of carbonyl (C=O) groups is 3. The first kappa shape index (κ1) is 21.9. The Morgan fingerprint density at radius 3 is 2.19 bits per heavy atom. The summed E-state index contributed by atoms with van der Waals surface area (Å²) in [6, 6.07) is 16.9. The minimum Gasteiger partial charge on any atom is -0.497 e. The minimum atomic E-state index is -0.322. The molecule has 7 nitrogen and oxygen atoms in total. The van der Waals surface area contributed by atoms with Crippen LogP contribution in [0.1, 0.15) is 35.3 Å². The lowest BCUT2D eigenvalue weighted by Gasteiger charge is -2.36. The molecule has 2 saturated heterocycles. The monoisotopic (exact) mass is 435 g/mol. The van der Waals surface area contributed by atoms with Crippen molar-refractivity contribution in [3.63, 3.8) is 0 Å². The van der Waals surface area contributed by atoms with E-state index in [0.717, 1.165) is 5.56 Å². The molecule has 0 aromatic heterocycles. The van der Waals surface area contributed by atoms with Crippen LogP contribution < -0.4 is 4.74 Å². The molecule has 2 aliphatic rings. The summed E-state index contributed by atoms with van der Waals surface area (Å²) in [5.41, 5.74) is 1.68. The zero-order chi connectivity index (χ0) is 22.7. The van der Waals surface area contributed by atoms with Crippen LogP contribution in [0.15, 0.2) is 54.6 Å². The van der Waals surface area contributed by atoms with Gasteiger partial charge in [-0.15, -0.1) is 0 Å². The fourth-order valence-electron chi connectivity index (χ4n) is 4.49. The molecule has 0 N–H and O–H groups in total. The third-order valence-corrected chi connectivity index (χ3v) is 6.47. The molecule has 0 radical (unpaired) electrons. The molecule has 2 fully saturated rings. The number of hydrogen-bond donors (Lipinski definition) is 0. The van der Waals surface area contributed by atoms with Gasteiger partial charge in [0.2, 0.25) is 11.8 Å². The topological polar surface area (TPSA) is 70.2 Å². The molecule has 2 unspecified atom stereocenters. The predicted octanol–water partition coefficient (Wildman–Crippen LogP) is 2.59. The minimum absolute atomic E-state index is 0.0117. The lowest BCUT2D eigenvalue weighted by atomic mass is 10.1. The summed E-state index contributed by atoms with van der Waals surface area (Å²) < 4.78 is 5.14. The second kappa shape index (κ2) is 9.42. The molecule has 0 spiro atoms. The molecular weight excluding hydrogens is 406 g/mol. The average Bonchev–Trinajstić information content (AvgIpc) is 3.24. The van der Waals surface area contributed by atoms with E-state index in [9.17, 15) is 14.4 Å². The van der Waals surface area contributed by atoms with Gasteiger partial charge in [-0.1, -0.05) is 30.3 Å². The van der Waals surface area contributed by atoms with Crippen molar-refractivity contribution < 1.29 is 19.1 Å². The van der Waals surface area contributed by atoms with Gasteiger partial charge in [0, 0.05) is 44.7 Å². The highest BCUT2D eigenvalue weighted by Crippen LogP contribution is 2.29. The van der Waals surface area contributed by atoms with E-state index in [1.54, 1.807) is 46.1 Å². The van der Waals surface area contributed by atoms with Gasteiger partial charge in [-0.2, -0.15) is 0 Å². The van der Waals surface area contributed by atoms with E-state index < -0.39 is 0 Å². The Hall–Kier alpha value is -3.35. The summed E-state index contributed by atoms with van der Waals surface area (Å²) in [7, 11) is 1.59. The summed E-state index contributed by atoms with van der Waals surface area (Å²) >= 11 is 0. The number of nitrogens with zero attached hydrogens (tertiary/aromatic N) is 3. The molecule has 7 heteroatoms. The van der Waals surface area contributed by atoms with Crippen LogP contribution in [0.3, 0.4) is 0 Å². The zero-order valence-corrected chi connectivity index (χ0v) is 18.6. The second-order valence-electron chi connectivity index (χ2n) is 8.38. The first-order chi connectivity index (χ1) is 15.5. The largest absolute Gasteiger partial charge is 0.497 e. The molecular formula is C25H29N3O4. The van der Waals surface area contributed by atoms with Gasteiger partial charge in [-0.3, -0.25) is 14.4 Å². The molecule has 4 rings (SSSR count).